The van der Waals surface area contributed by atoms with Gasteiger partial charge in [0.05, 0.1) is 0 Å². The summed E-state index contributed by atoms with van der Waals surface area (Å²) in [6.45, 7) is 3.06. The van der Waals surface area contributed by atoms with Crippen LogP contribution < -0.4 is 10.6 Å². The van der Waals surface area contributed by atoms with Gasteiger partial charge in [0.2, 0.25) is 5.91 Å². The summed E-state index contributed by atoms with van der Waals surface area (Å²) in [4.78, 5) is 40.9. The van der Waals surface area contributed by atoms with E-state index in [4.69, 9.17) is 4.74 Å². The van der Waals surface area contributed by atoms with E-state index in [9.17, 15) is 14.4 Å². The molecule has 1 aromatic heterocycles. The summed E-state index contributed by atoms with van der Waals surface area (Å²) in [5.74, 6) is -0.355. The number of carbonyl (C=O) groups is 3. The minimum absolute atomic E-state index is 0.0362. The van der Waals surface area contributed by atoms with Crippen LogP contribution in [0.25, 0.3) is 10.9 Å². The number of aromatic amines is 1. The van der Waals surface area contributed by atoms with E-state index in [1.165, 1.54) is 0 Å². The molecule has 26 heavy (non-hydrogen) atoms. The van der Waals surface area contributed by atoms with Crippen molar-refractivity contribution < 1.29 is 19.1 Å². The second-order valence-corrected chi connectivity index (χ2v) is 6.76. The minimum Gasteiger partial charge on any atom is -0.447 e. The quantitative estimate of drug-likeness (QED) is 0.761. The van der Waals surface area contributed by atoms with Gasteiger partial charge in [-0.05, 0) is 25.0 Å². The molecule has 2 atom stereocenters. The first kappa shape index (κ1) is 16.4. The predicted molar refractivity (Wildman–Crippen MR) is 93.8 cm³/mol. The molecule has 0 spiro atoms. The third kappa shape index (κ3) is 2.98. The van der Waals surface area contributed by atoms with E-state index in [1.54, 1.807) is 4.90 Å². The van der Waals surface area contributed by atoms with E-state index in [0.717, 1.165) is 16.5 Å². The first-order valence-corrected chi connectivity index (χ1v) is 8.62. The average molecular weight is 356 g/mol. The Morgan fingerprint density at radius 3 is 2.92 bits per heavy atom. The van der Waals surface area contributed by atoms with Crippen molar-refractivity contribution >= 4 is 28.8 Å². The molecule has 8 heteroatoms. The number of ether oxygens (including phenoxy) is 1. The average Bonchev–Trinajstić information content (AvgIpc) is 3.33. The van der Waals surface area contributed by atoms with Gasteiger partial charge in [0.1, 0.15) is 18.3 Å². The molecule has 0 bridgehead atoms. The standard InChI is InChI=1S/C18H20N4O4/c1-10-3-2-4-11-7-13(20-15(10)11)17(24)22-6-5-12(8-22)19-16(23)14-9-26-18(25)21-14/h2-4,7,12,14,20H,5-6,8-9H2,1H3,(H,19,23)(H,21,25)/t12-,14+/m1/s1. The van der Waals surface area contributed by atoms with E-state index in [-0.39, 0.29) is 24.5 Å². The fourth-order valence-electron chi connectivity index (χ4n) is 3.48. The summed E-state index contributed by atoms with van der Waals surface area (Å²) in [5.41, 5.74) is 2.61. The second kappa shape index (κ2) is 6.36. The number of aromatic nitrogens is 1. The predicted octanol–water partition coefficient (Wildman–Crippen LogP) is 0.915. The molecule has 3 heterocycles. The molecule has 0 saturated carbocycles. The monoisotopic (exact) mass is 356 g/mol. The minimum atomic E-state index is -0.663. The maximum absolute atomic E-state index is 12.8. The molecule has 2 saturated heterocycles. The van der Waals surface area contributed by atoms with Crippen molar-refractivity contribution in [3.63, 3.8) is 0 Å². The van der Waals surface area contributed by atoms with Gasteiger partial charge in [-0.3, -0.25) is 9.59 Å². The normalized spacial score (nSPS) is 22.3. The van der Waals surface area contributed by atoms with E-state index in [0.29, 0.717) is 25.2 Å². The first-order chi connectivity index (χ1) is 12.5. The van der Waals surface area contributed by atoms with Crippen LogP contribution in [0.2, 0.25) is 0 Å². The van der Waals surface area contributed by atoms with Crippen molar-refractivity contribution in [1.82, 2.24) is 20.5 Å². The van der Waals surface area contributed by atoms with Crippen LogP contribution in [0.5, 0.6) is 0 Å². The van der Waals surface area contributed by atoms with E-state index >= 15 is 0 Å². The summed E-state index contributed by atoms with van der Waals surface area (Å²) in [6.07, 6.45) is 0.0978. The number of benzene rings is 1. The number of carbonyl (C=O) groups excluding carboxylic acids is 3. The molecule has 2 aliphatic heterocycles. The van der Waals surface area contributed by atoms with Crippen molar-refractivity contribution in [2.75, 3.05) is 19.7 Å². The Morgan fingerprint density at radius 1 is 1.35 bits per heavy atom. The Hall–Kier alpha value is -3.03. The fraction of sp³-hybridized carbons (Fsp3) is 0.389. The highest BCUT2D eigenvalue weighted by molar-refractivity contribution is 5.99. The van der Waals surface area contributed by atoms with Crippen molar-refractivity contribution in [1.29, 1.82) is 0 Å². The lowest BCUT2D eigenvalue weighted by Crippen LogP contribution is -2.48. The molecule has 2 aliphatic rings. The number of hydrogen-bond donors (Lipinski definition) is 3. The number of nitrogens with one attached hydrogen (secondary N) is 3. The van der Waals surface area contributed by atoms with Crippen LogP contribution >= 0.6 is 0 Å². The molecule has 3 N–H and O–H groups in total. The van der Waals surface area contributed by atoms with E-state index < -0.39 is 12.1 Å². The zero-order valence-electron chi connectivity index (χ0n) is 14.4. The molecule has 0 aliphatic carbocycles. The Labute approximate surface area is 149 Å². The van der Waals surface area contributed by atoms with Crippen LogP contribution in [-0.4, -0.2) is 59.6 Å². The molecule has 2 fully saturated rings. The highest BCUT2D eigenvalue weighted by Crippen LogP contribution is 2.21. The van der Waals surface area contributed by atoms with Crippen LogP contribution in [0.15, 0.2) is 24.3 Å². The summed E-state index contributed by atoms with van der Waals surface area (Å²) < 4.78 is 4.73. The third-order valence-corrected chi connectivity index (χ3v) is 4.91. The number of para-hydroxylation sites is 1. The number of hydrogen-bond acceptors (Lipinski definition) is 4. The van der Waals surface area contributed by atoms with Crippen LogP contribution in [-0.2, 0) is 9.53 Å². The summed E-state index contributed by atoms with van der Waals surface area (Å²) >= 11 is 0. The van der Waals surface area contributed by atoms with Gasteiger partial charge >= 0.3 is 6.09 Å². The molecule has 3 amide bonds. The molecular formula is C18H20N4O4. The van der Waals surface area contributed by atoms with Gasteiger partial charge in [-0.25, -0.2) is 4.79 Å². The van der Waals surface area contributed by atoms with Crippen molar-refractivity contribution in [2.45, 2.75) is 25.4 Å². The number of aryl methyl sites for hydroxylation is 1. The Morgan fingerprint density at radius 2 is 2.19 bits per heavy atom. The van der Waals surface area contributed by atoms with Crippen LogP contribution in [0, 0.1) is 6.92 Å². The molecule has 4 rings (SSSR count). The highest BCUT2D eigenvalue weighted by atomic mass is 16.6. The van der Waals surface area contributed by atoms with Crippen LogP contribution in [0.4, 0.5) is 4.79 Å². The van der Waals surface area contributed by atoms with Gasteiger partial charge < -0.3 is 25.3 Å². The topological polar surface area (TPSA) is 104 Å². The summed E-state index contributed by atoms with van der Waals surface area (Å²) in [6, 6.07) is 7.01. The summed E-state index contributed by atoms with van der Waals surface area (Å²) in [5, 5.41) is 6.33. The van der Waals surface area contributed by atoms with Gasteiger partial charge in [0, 0.05) is 30.0 Å². The number of cyclic esters (lactones) is 1. The number of nitrogens with zero attached hydrogens (tertiary/aromatic N) is 1. The van der Waals surface area contributed by atoms with Gasteiger partial charge in [-0.2, -0.15) is 0 Å². The summed E-state index contributed by atoms with van der Waals surface area (Å²) in [7, 11) is 0. The van der Waals surface area contributed by atoms with Gasteiger partial charge in [-0.1, -0.05) is 18.2 Å². The number of likely N-dealkylation sites (tertiary alicyclic amines) is 1. The second-order valence-electron chi connectivity index (χ2n) is 6.76. The lowest BCUT2D eigenvalue weighted by molar-refractivity contribution is -0.123. The fourth-order valence-corrected chi connectivity index (χ4v) is 3.48. The lowest BCUT2D eigenvalue weighted by Gasteiger charge is -2.17. The van der Waals surface area contributed by atoms with Gasteiger partial charge in [-0.15, -0.1) is 0 Å². The Kier molecular flexibility index (Phi) is 4.02. The van der Waals surface area contributed by atoms with E-state index in [1.807, 2.05) is 31.2 Å². The maximum Gasteiger partial charge on any atom is 0.407 e. The van der Waals surface area contributed by atoms with Crippen molar-refractivity contribution in [2.24, 2.45) is 0 Å². The number of H-pyrrole nitrogens is 1. The van der Waals surface area contributed by atoms with E-state index in [2.05, 4.69) is 15.6 Å². The Bertz CT molecular complexity index is 890. The molecule has 1 aromatic carbocycles. The van der Waals surface area contributed by atoms with Gasteiger partial charge in [0.25, 0.3) is 5.91 Å². The van der Waals surface area contributed by atoms with Crippen LogP contribution in [0.1, 0.15) is 22.5 Å². The smallest absolute Gasteiger partial charge is 0.407 e. The molecule has 2 aromatic rings. The molecular weight excluding hydrogens is 336 g/mol. The zero-order valence-corrected chi connectivity index (χ0v) is 14.4. The number of amides is 3. The lowest BCUT2D eigenvalue weighted by atomic mass is 10.2. The van der Waals surface area contributed by atoms with Gasteiger partial charge in [0.15, 0.2) is 0 Å². The number of fused-ring (bicyclic) bond motifs is 1. The Balaban J connectivity index is 1.39. The first-order valence-electron chi connectivity index (χ1n) is 8.62. The molecule has 0 unspecified atom stereocenters. The van der Waals surface area contributed by atoms with Crippen LogP contribution in [0.3, 0.4) is 0 Å². The zero-order chi connectivity index (χ0) is 18.3. The molecule has 8 nitrogen and oxygen atoms in total. The van der Waals surface area contributed by atoms with Crippen molar-refractivity contribution in [3.8, 4) is 0 Å². The van der Waals surface area contributed by atoms with Crippen molar-refractivity contribution in [3.05, 3.63) is 35.5 Å². The third-order valence-electron chi connectivity index (χ3n) is 4.91. The number of rotatable bonds is 3. The maximum atomic E-state index is 12.8. The number of alkyl carbamates (subject to hydrolysis) is 1. The largest absolute Gasteiger partial charge is 0.447 e. The highest BCUT2D eigenvalue weighted by Gasteiger charge is 2.33. The molecule has 0 radical (unpaired) electrons. The molecule has 136 valence electrons. The SMILES string of the molecule is Cc1cccc2cc(C(=O)N3CC[C@@H](NC(=O)[C@@H]4COC(=O)N4)C3)[nH]c12.